The number of nitrogens with zero attached hydrogens (tertiary/aromatic N) is 1. The molecule has 2 N–H and O–H groups in total. The Morgan fingerprint density at radius 2 is 2.15 bits per heavy atom. The van der Waals surface area contributed by atoms with Crippen LogP contribution in [0.4, 0.5) is 14.5 Å². The van der Waals surface area contributed by atoms with E-state index in [-0.39, 0.29) is 16.6 Å². The molecule has 0 unspecified atom stereocenters. The van der Waals surface area contributed by atoms with Gasteiger partial charge in [0.15, 0.2) is 0 Å². The summed E-state index contributed by atoms with van der Waals surface area (Å²) in [5, 5.41) is 0.283. The molecule has 0 saturated heterocycles. The minimum Gasteiger partial charge on any atom is -0.397 e. The van der Waals surface area contributed by atoms with Crippen molar-refractivity contribution < 1.29 is 8.78 Å². The summed E-state index contributed by atoms with van der Waals surface area (Å²) < 4.78 is 25.2. The summed E-state index contributed by atoms with van der Waals surface area (Å²) in [6, 6.07) is 1.23. The van der Waals surface area contributed by atoms with E-state index in [9.17, 15) is 8.78 Å². The Balaban J connectivity index is 3.25. The van der Waals surface area contributed by atoms with Crippen molar-refractivity contribution in [3.63, 3.8) is 0 Å². The summed E-state index contributed by atoms with van der Waals surface area (Å²) in [4.78, 5) is 3.88. The molecule has 1 rings (SSSR count). The number of nitrogens with two attached hydrogens (primary N) is 1. The summed E-state index contributed by atoms with van der Waals surface area (Å²) in [6.07, 6.45) is -2.55. The summed E-state index contributed by atoms with van der Waals surface area (Å²) >= 11 is 6.15. The fourth-order valence-electron chi connectivity index (χ4n) is 0.854. The Morgan fingerprint density at radius 3 is 2.62 bits per heavy atom. The van der Waals surface area contributed by atoms with Crippen LogP contribution in [0.3, 0.4) is 0 Å². The van der Waals surface area contributed by atoms with Crippen molar-refractivity contribution in [3.05, 3.63) is 21.9 Å². The lowest BCUT2D eigenvalue weighted by molar-refractivity contribution is 0.150. The van der Waals surface area contributed by atoms with E-state index < -0.39 is 6.43 Å². The van der Waals surface area contributed by atoms with Crippen LogP contribution in [0, 0.1) is 0 Å². The van der Waals surface area contributed by atoms with Crippen molar-refractivity contribution in [1.29, 1.82) is 0 Å². The molecule has 0 aromatic carbocycles. The first kappa shape index (κ1) is 10.8. The lowest BCUT2D eigenvalue weighted by atomic mass is 10.2. The minimum atomic E-state index is -2.55. The molecule has 13 heavy (non-hydrogen) atoms. The van der Waals surface area contributed by atoms with Crippen molar-refractivity contribution in [1.82, 2.24) is 4.98 Å². The van der Waals surface area contributed by atoms with E-state index in [1.807, 2.05) is 0 Å². The van der Waals surface area contributed by atoms with Gasteiger partial charge in [-0.3, -0.25) is 0 Å². The normalized spacial score (nSPS) is 10.8. The minimum absolute atomic E-state index is 0.127. The highest BCUT2D eigenvalue weighted by atomic mass is 79.9. The number of halogens is 4. The summed E-state index contributed by atoms with van der Waals surface area (Å²) in [7, 11) is 0. The number of hydrogen-bond acceptors (Lipinski definition) is 2. The summed E-state index contributed by atoms with van der Waals surface area (Å²) in [6.45, 7) is 0. The molecule has 0 aliphatic carbocycles. The fourth-order valence-corrected chi connectivity index (χ4v) is 1.63. The van der Waals surface area contributed by atoms with Gasteiger partial charge in [0.1, 0.15) is 4.60 Å². The van der Waals surface area contributed by atoms with Crippen LogP contribution in [0.25, 0.3) is 0 Å². The molecule has 0 bridgehead atoms. The monoisotopic (exact) mass is 314 g/mol. The van der Waals surface area contributed by atoms with Gasteiger partial charge in [0.2, 0.25) is 0 Å². The van der Waals surface area contributed by atoms with Crippen LogP contribution in [0.1, 0.15) is 17.7 Å². The van der Waals surface area contributed by atoms with Gasteiger partial charge in [-0.2, -0.15) is 0 Å². The van der Waals surface area contributed by atoms with E-state index in [0.717, 1.165) is 0 Å². The van der Waals surface area contributed by atoms with E-state index in [0.29, 0.717) is 10.3 Å². The van der Waals surface area contributed by atoms with Crippen LogP contribution in [0.5, 0.6) is 0 Å². The third-order valence-electron chi connectivity index (χ3n) is 1.48. The predicted octanol–water partition coefficient (Wildman–Crippen LogP) is 3.26. The molecule has 0 saturated carbocycles. The van der Waals surface area contributed by atoms with Crippen LogP contribution < -0.4 is 5.73 Å². The topological polar surface area (TPSA) is 38.9 Å². The van der Waals surface area contributed by atoms with Gasteiger partial charge in [-0.05, 0) is 22.0 Å². The van der Waals surface area contributed by atoms with Crippen molar-refractivity contribution in [2.75, 3.05) is 5.73 Å². The van der Waals surface area contributed by atoms with Crippen LogP contribution in [-0.2, 0) is 5.33 Å². The van der Waals surface area contributed by atoms with Gasteiger partial charge in [0.05, 0.1) is 11.4 Å². The van der Waals surface area contributed by atoms with E-state index in [2.05, 4.69) is 36.8 Å². The highest BCUT2D eigenvalue weighted by molar-refractivity contribution is 9.10. The number of alkyl halides is 3. The van der Waals surface area contributed by atoms with Gasteiger partial charge in [0, 0.05) is 10.9 Å². The van der Waals surface area contributed by atoms with Crippen molar-refractivity contribution in [2.45, 2.75) is 11.8 Å². The van der Waals surface area contributed by atoms with Gasteiger partial charge in [-0.1, -0.05) is 15.9 Å². The van der Waals surface area contributed by atoms with E-state index >= 15 is 0 Å². The molecule has 0 spiro atoms. The average Bonchev–Trinajstić information content (AvgIpc) is 2.08. The van der Waals surface area contributed by atoms with Crippen molar-refractivity contribution >= 4 is 37.5 Å². The fraction of sp³-hybridized carbons (Fsp3) is 0.286. The molecule has 1 heterocycles. The molecule has 0 amide bonds. The van der Waals surface area contributed by atoms with Gasteiger partial charge in [-0.25, -0.2) is 13.8 Å². The van der Waals surface area contributed by atoms with Crippen molar-refractivity contribution in [3.8, 4) is 0 Å². The van der Waals surface area contributed by atoms with Crippen LogP contribution >= 0.6 is 31.9 Å². The molecule has 0 atom stereocenters. The maximum Gasteiger partial charge on any atom is 0.265 e. The Labute approximate surface area is 90.8 Å². The Kier molecular flexibility index (Phi) is 3.61. The highest BCUT2D eigenvalue weighted by Gasteiger charge is 2.15. The third-order valence-corrected chi connectivity index (χ3v) is 2.64. The van der Waals surface area contributed by atoms with Crippen molar-refractivity contribution in [2.24, 2.45) is 0 Å². The smallest absolute Gasteiger partial charge is 0.265 e. The molecule has 0 aliphatic rings. The molecular formula is C7H6Br2F2N2. The molecule has 6 heteroatoms. The second-order valence-corrected chi connectivity index (χ2v) is 3.65. The number of anilines is 1. The molecule has 0 fully saturated rings. The van der Waals surface area contributed by atoms with E-state index in [4.69, 9.17) is 5.73 Å². The van der Waals surface area contributed by atoms with Crippen LogP contribution in [-0.4, -0.2) is 4.98 Å². The number of aromatic nitrogens is 1. The van der Waals surface area contributed by atoms with Gasteiger partial charge in [-0.15, -0.1) is 0 Å². The molecular weight excluding hydrogens is 310 g/mol. The van der Waals surface area contributed by atoms with Gasteiger partial charge < -0.3 is 5.73 Å². The molecule has 1 aromatic rings. The first-order chi connectivity index (χ1) is 6.06. The first-order valence-corrected chi connectivity index (χ1v) is 5.26. The quantitative estimate of drug-likeness (QED) is 0.672. The number of pyridine rings is 1. The van der Waals surface area contributed by atoms with Crippen LogP contribution in [0.15, 0.2) is 10.7 Å². The second-order valence-electron chi connectivity index (χ2n) is 2.34. The molecule has 72 valence electrons. The lowest BCUT2D eigenvalue weighted by Crippen LogP contribution is -2.00. The van der Waals surface area contributed by atoms with Gasteiger partial charge in [0.25, 0.3) is 6.43 Å². The largest absolute Gasteiger partial charge is 0.397 e. The SMILES string of the molecule is Nc1cc(C(F)F)c(CBr)nc1Br. The maximum absolute atomic E-state index is 12.4. The zero-order valence-electron chi connectivity index (χ0n) is 6.40. The lowest BCUT2D eigenvalue weighted by Gasteiger charge is -2.07. The zero-order valence-corrected chi connectivity index (χ0v) is 9.57. The van der Waals surface area contributed by atoms with E-state index in [1.54, 1.807) is 0 Å². The van der Waals surface area contributed by atoms with Crippen LogP contribution in [0.2, 0.25) is 0 Å². The summed E-state index contributed by atoms with van der Waals surface area (Å²) in [5.74, 6) is 0. The Hall–Kier alpha value is -0.230. The maximum atomic E-state index is 12.4. The van der Waals surface area contributed by atoms with E-state index in [1.165, 1.54) is 6.07 Å². The standard InChI is InChI=1S/C7H6Br2F2N2/c8-2-5-3(7(10)11)1-4(12)6(9)13-5/h1,7H,2,12H2. The molecule has 0 radical (unpaired) electrons. The second kappa shape index (κ2) is 4.32. The first-order valence-electron chi connectivity index (χ1n) is 3.35. The number of rotatable bonds is 2. The zero-order chi connectivity index (χ0) is 10.0. The third kappa shape index (κ3) is 2.37. The molecule has 0 aliphatic heterocycles. The molecule has 1 aromatic heterocycles. The predicted molar refractivity (Wildman–Crippen MR) is 53.9 cm³/mol. The molecule has 2 nitrogen and oxygen atoms in total. The number of hydrogen-bond donors (Lipinski definition) is 1. The highest BCUT2D eigenvalue weighted by Crippen LogP contribution is 2.28. The number of nitrogen functional groups attached to an aromatic ring is 1. The Morgan fingerprint density at radius 1 is 1.54 bits per heavy atom. The Bertz CT molecular complexity index is 318. The average molecular weight is 316 g/mol. The van der Waals surface area contributed by atoms with Gasteiger partial charge >= 0.3 is 0 Å². The summed E-state index contributed by atoms with van der Waals surface area (Å²) in [5.41, 5.74) is 5.82.